The summed E-state index contributed by atoms with van der Waals surface area (Å²) in [5.74, 6) is 1.25. The molecule has 0 unspecified atom stereocenters. The van der Waals surface area contributed by atoms with E-state index in [0.29, 0.717) is 22.8 Å². The second-order valence-corrected chi connectivity index (χ2v) is 6.84. The van der Waals surface area contributed by atoms with Crippen molar-refractivity contribution in [3.8, 4) is 17.2 Å². The van der Waals surface area contributed by atoms with Gasteiger partial charge in [0, 0.05) is 27.4 Å². The van der Waals surface area contributed by atoms with Crippen LogP contribution in [0.1, 0.15) is 5.56 Å². The molecule has 0 aliphatic rings. The number of hydrogen-bond acceptors (Lipinski definition) is 5. The molecule has 0 atom stereocenters. The SMILES string of the molecule is COc1ccc(/C=N\NC(=O)Cn2c3ccccc3c3ccccc32)c(OC)c1OC. The largest absolute Gasteiger partial charge is 0.493 e. The van der Waals surface area contributed by atoms with Crippen LogP contribution in [0.15, 0.2) is 65.8 Å². The molecule has 0 aliphatic heterocycles. The van der Waals surface area contributed by atoms with Gasteiger partial charge in [-0.05, 0) is 24.3 Å². The van der Waals surface area contributed by atoms with Gasteiger partial charge in [0.1, 0.15) is 6.54 Å². The van der Waals surface area contributed by atoms with Gasteiger partial charge in [0.05, 0.1) is 27.5 Å². The summed E-state index contributed by atoms with van der Waals surface area (Å²) in [6.45, 7) is 0.147. The van der Waals surface area contributed by atoms with Crippen molar-refractivity contribution in [1.82, 2.24) is 9.99 Å². The van der Waals surface area contributed by atoms with Crippen LogP contribution in [0.4, 0.5) is 0 Å². The molecule has 0 spiro atoms. The van der Waals surface area contributed by atoms with Crippen molar-refractivity contribution in [1.29, 1.82) is 0 Å². The first-order chi connectivity index (χ1) is 15.2. The maximum Gasteiger partial charge on any atom is 0.260 e. The summed E-state index contributed by atoms with van der Waals surface area (Å²) in [6, 6.07) is 19.6. The molecule has 158 valence electrons. The molecule has 7 heteroatoms. The lowest BCUT2D eigenvalue weighted by Crippen LogP contribution is -2.23. The first-order valence-corrected chi connectivity index (χ1v) is 9.74. The molecule has 1 heterocycles. The van der Waals surface area contributed by atoms with Gasteiger partial charge in [-0.3, -0.25) is 4.79 Å². The van der Waals surface area contributed by atoms with Crippen LogP contribution in [0.2, 0.25) is 0 Å². The number of nitrogens with zero attached hydrogens (tertiary/aromatic N) is 2. The van der Waals surface area contributed by atoms with Gasteiger partial charge in [0.25, 0.3) is 5.91 Å². The number of nitrogens with one attached hydrogen (secondary N) is 1. The third-order valence-corrected chi connectivity index (χ3v) is 5.11. The quantitative estimate of drug-likeness (QED) is 0.365. The van der Waals surface area contributed by atoms with Crippen LogP contribution in [0, 0.1) is 0 Å². The van der Waals surface area contributed by atoms with Gasteiger partial charge in [-0.1, -0.05) is 36.4 Å². The van der Waals surface area contributed by atoms with E-state index in [4.69, 9.17) is 14.2 Å². The number of hydrazone groups is 1. The van der Waals surface area contributed by atoms with Crippen molar-refractivity contribution < 1.29 is 19.0 Å². The first-order valence-electron chi connectivity index (χ1n) is 9.74. The number of ether oxygens (including phenoxy) is 3. The number of carbonyl (C=O) groups excluding carboxylic acids is 1. The van der Waals surface area contributed by atoms with Crippen LogP contribution in [0.5, 0.6) is 17.2 Å². The molecule has 1 N–H and O–H groups in total. The van der Waals surface area contributed by atoms with Crippen molar-refractivity contribution >= 4 is 33.9 Å². The Kier molecular flexibility index (Phi) is 5.75. The zero-order chi connectivity index (χ0) is 21.8. The molecule has 0 saturated heterocycles. The van der Waals surface area contributed by atoms with E-state index in [0.717, 1.165) is 21.8 Å². The number of benzene rings is 3. The molecule has 0 saturated carbocycles. The number of methoxy groups -OCH3 is 3. The van der Waals surface area contributed by atoms with Crippen LogP contribution in [-0.2, 0) is 11.3 Å². The Bertz CT molecular complexity index is 1220. The normalized spacial score (nSPS) is 11.2. The zero-order valence-corrected chi connectivity index (χ0v) is 17.6. The van der Waals surface area contributed by atoms with Gasteiger partial charge in [0.15, 0.2) is 11.5 Å². The summed E-state index contributed by atoms with van der Waals surface area (Å²) in [7, 11) is 4.63. The van der Waals surface area contributed by atoms with Crippen molar-refractivity contribution in [2.24, 2.45) is 5.10 Å². The number of rotatable bonds is 7. The molecular weight excluding hydrogens is 394 g/mol. The van der Waals surface area contributed by atoms with E-state index in [1.165, 1.54) is 20.4 Å². The summed E-state index contributed by atoms with van der Waals surface area (Å²) in [4.78, 5) is 12.6. The fourth-order valence-electron chi connectivity index (χ4n) is 3.75. The highest BCUT2D eigenvalue weighted by atomic mass is 16.5. The molecule has 4 aromatic rings. The highest BCUT2D eigenvalue weighted by molar-refractivity contribution is 6.08. The maximum atomic E-state index is 12.6. The van der Waals surface area contributed by atoms with Gasteiger partial charge in [0.2, 0.25) is 5.75 Å². The Labute approximate surface area is 179 Å². The molecule has 0 radical (unpaired) electrons. The second kappa shape index (κ2) is 8.79. The monoisotopic (exact) mass is 417 g/mol. The third kappa shape index (κ3) is 3.77. The summed E-state index contributed by atoms with van der Waals surface area (Å²) < 4.78 is 18.1. The van der Waals surface area contributed by atoms with Crippen LogP contribution < -0.4 is 19.6 Å². The van der Waals surface area contributed by atoms with E-state index >= 15 is 0 Å². The molecule has 1 amide bonds. The minimum Gasteiger partial charge on any atom is -0.493 e. The van der Waals surface area contributed by atoms with Crippen LogP contribution in [-0.4, -0.2) is 38.0 Å². The van der Waals surface area contributed by atoms with Gasteiger partial charge in [-0.15, -0.1) is 0 Å². The van der Waals surface area contributed by atoms with Crippen molar-refractivity contribution in [2.45, 2.75) is 6.54 Å². The Morgan fingerprint density at radius 3 is 2.06 bits per heavy atom. The van der Waals surface area contributed by atoms with Crippen molar-refractivity contribution in [3.63, 3.8) is 0 Å². The van der Waals surface area contributed by atoms with E-state index in [9.17, 15) is 4.79 Å². The predicted octanol–water partition coefficient (Wildman–Crippen LogP) is 3.97. The highest BCUT2D eigenvalue weighted by Gasteiger charge is 2.15. The summed E-state index contributed by atoms with van der Waals surface area (Å²) in [5, 5.41) is 6.34. The van der Waals surface area contributed by atoms with Gasteiger partial charge >= 0.3 is 0 Å². The topological polar surface area (TPSA) is 74.1 Å². The minimum absolute atomic E-state index is 0.147. The van der Waals surface area contributed by atoms with Crippen molar-refractivity contribution in [2.75, 3.05) is 21.3 Å². The number of fused-ring (bicyclic) bond motifs is 3. The summed E-state index contributed by atoms with van der Waals surface area (Å²) in [6.07, 6.45) is 1.52. The predicted molar refractivity (Wildman–Crippen MR) is 121 cm³/mol. The molecule has 31 heavy (non-hydrogen) atoms. The molecule has 7 nitrogen and oxygen atoms in total. The Hall–Kier alpha value is -4.00. The fraction of sp³-hybridized carbons (Fsp3) is 0.167. The Balaban J connectivity index is 1.56. The number of para-hydroxylation sites is 2. The van der Waals surface area contributed by atoms with E-state index in [1.807, 2.05) is 41.0 Å². The lowest BCUT2D eigenvalue weighted by molar-refractivity contribution is -0.121. The number of carbonyl (C=O) groups is 1. The average molecular weight is 417 g/mol. The number of amides is 1. The first kappa shape index (κ1) is 20.3. The van der Waals surface area contributed by atoms with Gasteiger partial charge < -0.3 is 18.8 Å². The van der Waals surface area contributed by atoms with Gasteiger partial charge in [-0.25, -0.2) is 5.43 Å². The van der Waals surface area contributed by atoms with Crippen molar-refractivity contribution in [3.05, 3.63) is 66.2 Å². The number of aromatic nitrogens is 1. The van der Waals surface area contributed by atoms with Crippen LogP contribution >= 0.6 is 0 Å². The second-order valence-electron chi connectivity index (χ2n) is 6.84. The lowest BCUT2D eigenvalue weighted by atomic mass is 10.2. The molecule has 0 fully saturated rings. The Morgan fingerprint density at radius 1 is 0.871 bits per heavy atom. The third-order valence-electron chi connectivity index (χ3n) is 5.11. The Morgan fingerprint density at radius 2 is 1.48 bits per heavy atom. The molecule has 0 aliphatic carbocycles. The van der Waals surface area contributed by atoms with E-state index in [1.54, 1.807) is 19.2 Å². The summed E-state index contributed by atoms with van der Waals surface area (Å²) in [5.41, 5.74) is 5.26. The lowest BCUT2D eigenvalue weighted by Gasteiger charge is -2.13. The smallest absolute Gasteiger partial charge is 0.260 e. The molecule has 3 aromatic carbocycles. The average Bonchev–Trinajstić information content (AvgIpc) is 3.12. The van der Waals surface area contributed by atoms with Crippen LogP contribution in [0.3, 0.4) is 0 Å². The molecule has 1 aromatic heterocycles. The van der Waals surface area contributed by atoms with E-state index in [2.05, 4.69) is 22.7 Å². The maximum absolute atomic E-state index is 12.6. The van der Waals surface area contributed by atoms with E-state index < -0.39 is 0 Å². The zero-order valence-electron chi connectivity index (χ0n) is 17.6. The van der Waals surface area contributed by atoms with E-state index in [-0.39, 0.29) is 12.5 Å². The molecular formula is C24H23N3O4. The minimum atomic E-state index is -0.234. The molecule has 4 rings (SSSR count). The molecule has 0 bridgehead atoms. The fourth-order valence-corrected chi connectivity index (χ4v) is 3.75. The van der Waals surface area contributed by atoms with Crippen LogP contribution in [0.25, 0.3) is 21.8 Å². The summed E-state index contributed by atoms with van der Waals surface area (Å²) >= 11 is 0. The van der Waals surface area contributed by atoms with Gasteiger partial charge in [-0.2, -0.15) is 5.10 Å². The number of hydrogen-bond donors (Lipinski definition) is 1. The standard InChI is InChI=1S/C24H23N3O4/c1-29-21-13-12-16(23(30-2)24(21)31-3)14-25-26-22(28)15-27-19-10-6-4-8-17(19)18-9-5-7-11-20(18)27/h4-14H,15H2,1-3H3,(H,26,28)/b25-14-. The highest BCUT2D eigenvalue weighted by Crippen LogP contribution is 2.39.